The molecule has 25 heavy (non-hydrogen) atoms. The maximum Gasteiger partial charge on any atom is 0.352 e. The molecule has 2 aromatic carbocycles. The van der Waals surface area contributed by atoms with Gasteiger partial charge in [0, 0.05) is 16.5 Å². The van der Waals surface area contributed by atoms with Crippen LogP contribution in [0.1, 0.15) is 23.0 Å². The van der Waals surface area contributed by atoms with Crippen molar-refractivity contribution in [1.29, 1.82) is 0 Å². The van der Waals surface area contributed by atoms with Gasteiger partial charge in [-0.15, -0.1) is 0 Å². The number of aromatic nitrogens is 1. The molecule has 6 nitrogen and oxygen atoms in total. The number of fused-ring (bicyclic) bond motifs is 1. The van der Waals surface area contributed by atoms with E-state index in [1.54, 1.807) is 30.3 Å². The summed E-state index contributed by atoms with van der Waals surface area (Å²) in [7, 11) is 0. The molecule has 0 radical (unpaired) electrons. The Morgan fingerprint density at radius 1 is 1.12 bits per heavy atom. The Labute approximate surface area is 144 Å². The van der Waals surface area contributed by atoms with Crippen LogP contribution < -0.4 is 10.1 Å². The van der Waals surface area contributed by atoms with Gasteiger partial charge in [-0.25, -0.2) is 4.79 Å². The van der Waals surface area contributed by atoms with Gasteiger partial charge in [-0.2, -0.15) is 0 Å². The highest BCUT2D eigenvalue weighted by Crippen LogP contribution is 2.26. The van der Waals surface area contributed by atoms with Crippen LogP contribution in [0, 0.1) is 0 Å². The number of benzene rings is 2. The van der Waals surface area contributed by atoms with Crippen LogP contribution in [0.15, 0.2) is 48.5 Å². The molecule has 0 aliphatic rings. The maximum absolute atomic E-state index is 12.5. The van der Waals surface area contributed by atoms with Crippen LogP contribution in [0.4, 0.5) is 5.69 Å². The van der Waals surface area contributed by atoms with Crippen molar-refractivity contribution in [3.63, 3.8) is 0 Å². The second kappa shape index (κ2) is 7.09. The Hall–Kier alpha value is -3.28. The molecular weight excluding hydrogens is 320 g/mol. The molecule has 1 heterocycles. The maximum atomic E-state index is 12.5. The summed E-state index contributed by atoms with van der Waals surface area (Å²) >= 11 is 0. The number of carboxylic acids is 1. The average Bonchev–Trinajstić information content (AvgIpc) is 2.96. The Balaban J connectivity index is 1.88. The molecular formula is C19H18N2O4. The SMILES string of the molecule is CCOc1ccccc1NC(=O)Cc1c(C(=O)O)[nH]c2ccccc12. The number of nitrogens with one attached hydrogen (secondary N) is 2. The molecule has 1 amide bonds. The zero-order valence-corrected chi connectivity index (χ0v) is 13.7. The van der Waals surface area contributed by atoms with Crippen LogP contribution in [0.2, 0.25) is 0 Å². The van der Waals surface area contributed by atoms with Gasteiger partial charge in [0.1, 0.15) is 11.4 Å². The molecule has 0 atom stereocenters. The van der Waals surface area contributed by atoms with Gasteiger partial charge in [-0.3, -0.25) is 4.79 Å². The number of hydrogen-bond donors (Lipinski definition) is 3. The van der Waals surface area contributed by atoms with Crippen LogP contribution in [-0.4, -0.2) is 28.6 Å². The minimum absolute atomic E-state index is 0.0365. The van der Waals surface area contributed by atoms with E-state index in [2.05, 4.69) is 10.3 Å². The summed E-state index contributed by atoms with van der Waals surface area (Å²) in [5, 5.41) is 12.9. The van der Waals surface area contributed by atoms with Crippen LogP contribution >= 0.6 is 0 Å². The number of amides is 1. The van der Waals surface area contributed by atoms with Gasteiger partial charge in [0.2, 0.25) is 5.91 Å². The number of carbonyl (C=O) groups excluding carboxylic acids is 1. The van der Waals surface area contributed by atoms with E-state index in [4.69, 9.17) is 4.74 Å². The first-order chi connectivity index (χ1) is 12.1. The molecule has 0 fully saturated rings. The van der Waals surface area contributed by atoms with Crippen LogP contribution in [0.3, 0.4) is 0 Å². The summed E-state index contributed by atoms with van der Waals surface area (Å²) in [6.07, 6.45) is -0.0495. The molecule has 128 valence electrons. The van der Waals surface area contributed by atoms with Crippen molar-refractivity contribution in [2.24, 2.45) is 0 Å². The van der Waals surface area contributed by atoms with Gasteiger partial charge in [-0.1, -0.05) is 30.3 Å². The number of aromatic carboxylic acids is 1. The van der Waals surface area contributed by atoms with Crippen molar-refractivity contribution in [2.75, 3.05) is 11.9 Å². The summed E-state index contributed by atoms with van der Waals surface area (Å²) in [5.74, 6) is -0.816. The summed E-state index contributed by atoms with van der Waals surface area (Å²) in [6.45, 7) is 2.35. The number of carboxylic acid groups (broad SMARTS) is 1. The highest BCUT2D eigenvalue weighted by Gasteiger charge is 2.19. The normalized spacial score (nSPS) is 10.6. The number of carbonyl (C=O) groups is 2. The lowest BCUT2D eigenvalue weighted by atomic mass is 10.1. The lowest BCUT2D eigenvalue weighted by molar-refractivity contribution is -0.115. The first-order valence-corrected chi connectivity index (χ1v) is 7.94. The van der Waals surface area contributed by atoms with E-state index >= 15 is 0 Å². The first kappa shape index (κ1) is 16.6. The van der Waals surface area contributed by atoms with Gasteiger partial charge in [0.15, 0.2) is 0 Å². The highest BCUT2D eigenvalue weighted by atomic mass is 16.5. The lowest BCUT2D eigenvalue weighted by Crippen LogP contribution is -2.16. The Kier molecular flexibility index (Phi) is 4.70. The zero-order valence-electron chi connectivity index (χ0n) is 13.7. The molecule has 0 aliphatic heterocycles. The average molecular weight is 338 g/mol. The second-order valence-corrected chi connectivity index (χ2v) is 5.48. The Morgan fingerprint density at radius 2 is 1.84 bits per heavy atom. The molecule has 3 rings (SSSR count). The fourth-order valence-corrected chi connectivity index (χ4v) is 2.77. The third-order valence-corrected chi connectivity index (χ3v) is 3.83. The van der Waals surface area contributed by atoms with Gasteiger partial charge in [0.25, 0.3) is 0 Å². The fraction of sp³-hybridized carbons (Fsp3) is 0.158. The van der Waals surface area contributed by atoms with E-state index in [1.165, 1.54) is 0 Å². The molecule has 0 spiro atoms. The van der Waals surface area contributed by atoms with Gasteiger partial charge < -0.3 is 20.1 Å². The van der Waals surface area contributed by atoms with E-state index in [-0.39, 0.29) is 18.0 Å². The first-order valence-electron chi connectivity index (χ1n) is 7.94. The standard InChI is InChI=1S/C19H18N2O4/c1-2-25-16-10-6-5-9-15(16)20-17(22)11-13-12-7-3-4-8-14(12)21-18(13)19(23)24/h3-10,21H,2,11H2,1H3,(H,20,22)(H,23,24). The Bertz CT molecular complexity index is 930. The second-order valence-electron chi connectivity index (χ2n) is 5.48. The molecule has 0 saturated carbocycles. The molecule has 0 saturated heterocycles. The smallest absolute Gasteiger partial charge is 0.352 e. The quantitative estimate of drug-likeness (QED) is 0.642. The van der Waals surface area contributed by atoms with Gasteiger partial charge in [0.05, 0.1) is 18.7 Å². The molecule has 6 heteroatoms. The molecule has 0 unspecified atom stereocenters. The summed E-state index contributed by atoms with van der Waals surface area (Å²) in [6, 6.07) is 14.3. The lowest BCUT2D eigenvalue weighted by Gasteiger charge is -2.11. The van der Waals surface area contributed by atoms with Crippen molar-refractivity contribution < 1.29 is 19.4 Å². The van der Waals surface area contributed by atoms with Crippen LogP contribution in [0.25, 0.3) is 10.9 Å². The molecule has 3 N–H and O–H groups in total. The van der Waals surface area contributed by atoms with Crippen molar-refractivity contribution in [3.05, 3.63) is 59.8 Å². The zero-order chi connectivity index (χ0) is 17.8. The van der Waals surface area contributed by atoms with Crippen molar-refractivity contribution in [3.8, 4) is 5.75 Å². The predicted octanol–water partition coefficient (Wildman–Crippen LogP) is 3.45. The molecule has 1 aromatic heterocycles. The van der Waals surface area contributed by atoms with Crippen LogP contribution in [-0.2, 0) is 11.2 Å². The summed E-state index contributed by atoms with van der Waals surface area (Å²) < 4.78 is 5.49. The topological polar surface area (TPSA) is 91.4 Å². The highest BCUT2D eigenvalue weighted by molar-refractivity contribution is 6.02. The van der Waals surface area contributed by atoms with E-state index in [9.17, 15) is 14.7 Å². The van der Waals surface area contributed by atoms with Gasteiger partial charge >= 0.3 is 5.97 Å². The molecule has 0 bridgehead atoms. The minimum atomic E-state index is -1.09. The number of H-pyrrole nitrogens is 1. The number of ether oxygens (including phenoxy) is 1. The minimum Gasteiger partial charge on any atom is -0.492 e. The molecule has 0 aliphatic carbocycles. The van der Waals surface area contributed by atoms with E-state index in [0.29, 0.717) is 29.1 Å². The monoisotopic (exact) mass is 338 g/mol. The third-order valence-electron chi connectivity index (χ3n) is 3.83. The number of rotatable bonds is 6. The predicted molar refractivity (Wildman–Crippen MR) is 95.2 cm³/mol. The number of anilines is 1. The number of para-hydroxylation sites is 3. The van der Waals surface area contributed by atoms with Gasteiger partial charge in [-0.05, 0) is 25.1 Å². The van der Waals surface area contributed by atoms with Crippen molar-refractivity contribution in [1.82, 2.24) is 4.98 Å². The number of aromatic amines is 1. The van der Waals surface area contributed by atoms with E-state index in [0.717, 1.165) is 5.39 Å². The third kappa shape index (κ3) is 3.47. The van der Waals surface area contributed by atoms with Crippen molar-refractivity contribution >= 4 is 28.5 Å². The molecule has 3 aromatic rings. The largest absolute Gasteiger partial charge is 0.492 e. The van der Waals surface area contributed by atoms with E-state index in [1.807, 2.05) is 25.1 Å². The van der Waals surface area contributed by atoms with E-state index < -0.39 is 5.97 Å². The van der Waals surface area contributed by atoms with Crippen LogP contribution in [0.5, 0.6) is 5.75 Å². The van der Waals surface area contributed by atoms with Crippen molar-refractivity contribution in [2.45, 2.75) is 13.3 Å². The fourth-order valence-electron chi connectivity index (χ4n) is 2.77. The summed E-state index contributed by atoms with van der Waals surface area (Å²) in [5.41, 5.74) is 1.76. The summed E-state index contributed by atoms with van der Waals surface area (Å²) in [4.78, 5) is 26.8. The Morgan fingerprint density at radius 3 is 2.60 bits per heavy atom. The number of hydrogen-bond acceptors (Lipinski definition) is 3.